The standard InChI is InChI=1S/C14H23N3O2/c1-2-14(5-7-15-8-6-14)13-16-12(17-19-13)10-11-4-3-9-18-11/h11,15H,2-10H2,1H3. The van der Waals surface area contributed by atoms with Gasteiger partial charge in [0.05, 0.1) is 11.5 Å². The predicted octanol–water partition coefficient (Wildman–Crippen LogP) is 1.82. The lowest BCUT2D eigenvalue weighted by Crippen LogP contribution is -2.39. The second kappa shape index (κ2) is 5.59. The summed E-state index contributed by atoms with van der Waals surface area (Å²) in [5.41, 5.74) is 0.0903. The summed E-state index contributed by atoms with van der Waals surface area (Å²) in [4.78, 5) is 4.65. The first-order valence-corrected chi connectivity index (χ1v) is 7.48. The molecule has 0 aromatic carbocycles. The molecule has 1 aromatic heterocycles. The van der Waals surface area contributed by atoms with E-state index < -0.39 is 0 Å². The van der Waals surface area contributed by atoms with Crippen LogP contribution in [0.4, 0.5) is 0 Å². The maximum Gasteiger partial charge on any atom is 0.232 e. The number of piperidine rings is 1. The fraction of sp³-hybridized carbons (Fsp3) is 0.857. The average molecular weight is 265 g/mol. The van der Waals surface area contributed by atoms with E-state index in [1.807, 2.05) is 0 Å². The molecule has 0 spiro atoms. The lowest BCUT2D eigenvalue weighted by atomic mass is 9.76. The van der Waals surface area contributed by atoms with Gasteiger partial charge in [0.2, 0.25) is 5.89 Å². The smallest absolute Gasteiger partial charge is 0.232 e. The van der Waals surface area contributed by atoms with Crippen molar-refractivity contribution in [2.24, 2.45) is 0 Å². The second-order valence-electron chi connectivity index (χ2n) is 5.74. The van der Waals surface area contributed by atoms with E-state index in [2.05, 4.69) is 22.4 Å². The number of hydrogen-bond acceptors (Lipinski definition) is 5. The average Bonchev–Trinajstić information content (AvgIpc) is 3.12. The van der Waals surface area contributed by atoms with Crippen molar-refractivity contribution in [2.75, 3.05) is 19.7 Å². The molecular weight excluding hydrogens is 242 g/mol. The van der Waals surface area contributed by atoms with Gasteiger partial charge in [0.1, 0.15) is 0 Å². The fourth-order valence-electron chi connectivity index (χ4n) is 3.19. The number of nitrogens with zero attached hydrogens (tertiary/aromatic N) is 2. The van der Waals surface area contributed by atoms with Gasteiger partial charge in [0.15, 0.2) is 5.82 Å². The molecule has 0 radical (unpaired) electrons. The van der Waals surface area contributed by atoms with Crippen molar-refractivity contribution in [1.29, 1.82) is 0 Å². The molecule has 5 nitrogen and oxygen atoms in total. The first-order valence-electron chi connectivity index (χ1n) is 7.48. The Labute approximate surface area is 114 Å². The van der Waals surface area contributed by atoms with Crippen molar-refractivity contribution in [1.82, 2.24) is 15.5 Å². The van der Waals surface area contributed by atoms with Crippen LogP contribution < -0.4 is 5.32 Å². The van der Waals surface area contributed by atoms with Crippen molar-refractivity contribution in [2.45, 2.75) is 57.0 Å². The van der Waals surface area contributed by atoms with Crippen LogP contribution in [0.25, 0.3) is 0 Å². The Hall–Kier alpha value is -0.940. The molecule has 5 heteroatoms. The van der Waals surface area contributed by atoms with E-state index in [1.165, 1.54) is 0 Å². The Morgan fingerprint density at radius 2 is 2.21 bits per heavy atom. The highest BCUT2D eigenvalue weighted by Gasteiger charge is 2.37. The molecule has 19 heavy (non-hydrogen) atoms. The Morgan fingerprint density at radius 1 is 1.37 bits per heavy atom. The van der Waals surface area contributed by atoms with E-state index >= 15 is 0 Å². The molecule has 106 valence electrons. The third kappa shape index (κ3) is 2.67. The largest absolute Gasteiger partial charge is 0.378 e. The highest BCUT2D eigenvalue weighted by molar-refractivity contribution is 5.07. The number of rotatable bonds is 4. The Bertz CT molecular complexity index is 407. The van der Waals surface area contributed by atoms with Gasteiger partial charge in [-0.3, -0.25) is 0 Å². The summed E-state index contributed by atoms with van der Waals surface area (Å²) in [5, 5.41) is 7.56. The zero-order valence-corrected chi connectivity index (χ0v) is 11.7. The van der Waals surface area contributed by atoms with Gasteiger partial charge in [-0.05, 0) is 45.2 Å². The van der Waals surface area contributed by atoms with Crippen LogP contribution in [0.15, 0.2) is 4.52 Å². The summed E-state index contributed by atoms with van der Waals surface area (Å²) in [6, 6.07) is 0. The third-order valence-corrected chi connectivity index (χ3v) is 4.59. The van der Waals surface area contributed by atoms with E-state index in [1.54, 1.807) is 0 Å². The molecule has 0 saturated carbocycles. The molecule has 2 saturated heterocycles. The first kappa shape index (κ1) is 13.1. The van der Waals surface area contributed by atoms with Crippen LogP contribution in [-0.2, 0) is 16.6 Å². The van der Waals surface area contributed by atoms with Crippen molar-refractivity contribution < 1.29 is 9.26 Å². The molecule has 1 atom stereocenters. The van der Waals surface area contributed by atoms with Crippen molar-refractivity contribution in [3.05, 3.63) is 11.7 Å². The van der Waals surface area contributed by atoms with E-state index in [0.717, 1.165) is 69.9 Å². The van der Waals surface area contributed by atoms with Crippen LogP contribution in [-0.4, -0.2) is 35.9 Å². The van der Waals surface area contributed by atoms with E-state index in [4.69, 9.17) is 9.26 Å². The number of ether oxygens (including phenoxy) is 1. The Kier molecular flexibility index (Phi) is 3.84. The zero-order chi connectivity index (χ0) is 13.1. The molecular formula is C14H23N3O2. The van der Waals surface area contributed by atoms with Gasteiger partial charge in [-0.15, -0.1) is 0 Å². The number of hydrogen-bond donors (Lipinski definition) is 1. The minimum Gasteiger partial charge on any atom is -0.378 e. The normalized spacial score (nSPS) is 26.7. The summed E-state index contributed by atoms with van der Waals surface area (Å²) in [6.07, 6.45) is 6.59. The molecule has 3 rings (SSSR count). The van der Waals surface area contributed by atoms with Crippen LogP contribution in [0.1, 0.15) is 50.7 Å². The summed E-state index contributed by atoms with van der Waals surface area (Å²) in [5.74, 6) is 1.65. The minimum atomic E-state index is 0.0903. The van der Waals surface area contributed by atoms with E-state index in [9.17, 15) is 0 Å². The second-order valence-corrected chi connectivity index (χ2v) is 5.74. The molecule has 1 N–H and O–H groups in total. The molecule has 0 aliphatic carbocycles. The van der Waals surface area contributed by atoms with E-state index in [-0.39, 0.29) is 11.5 Å². The quantitative estimate of drug-likeness (QED) is 0.900. The Balaban J connectivity index is 1.71. The summed E-state index contributed by atoms with van der Waals surface area (Å²) < 4.78 is 11.2. The van der Waals surface area contributed by atoms with Crippen molar-refractivity contribution in [3.8, 4) is 0 Å². The molecule has 1 unspecified atom stereocenters. The van der Waals surface area contributed by atoms with Crippen LogP contribution >= 0.6 is 0 Å². The van der Waals surface area contributed by atoms with Gasteiger partial charge >= 0.3 is 0 Å². The van der Waals surface area contributed by atoms with Gasteiger partial charge in [-0.25, -0.2) is 0 Å². The molecule has 0 amide bonds. The minimum absolute atomic E-state index is 0.0903. The molecule has 2 aliphatic heterocycles. The van der Waals surface area contributed by atoms with Crippen LogP contribution in [0.5, 0.6) is 0 Å². The number of aromatic nitrogens is 2. The van der Waals surface area contributed by atoms with Crippen molar-refractivity contribution in [3.63, 3.8) is 0 Å². The highest BCUT2D eigenvalue weighted by Crippen LogP contribution is 2.35. The monoisotopic (exact) mass is 265 g/mol. The van der Waals surface area contributed by atoms with Gasteiger partial charge in [0, 0.05) is 13.0 Å². The van der Waals surface area contributed by atoms with Crippen LogP contribution in [0, 0.1) is 0 Å². The molecule has 1 aromatic rings. The first-order chi connectivity index (χ1) is 9.32. The van der Waals surface area contributed by atoms with Crippen molar-refractivity contribution >= 4 is 0 Å². The summed E-state index contributed by atoms with van der Waals surface area (Å²) >= 11 is 0. The van der Waals surface area contributed by atoms with Gasteiger partial charge in [-0.1, -0.05) is 12.1 Å². The SMILES string of the molecule is CCC1(c2nc(CC3CCCO3)no2)CCNCC1. The predicted molar refractivity (Wildman–Crippen MR) is 71.0 cm³/mol. The molecule has 2 fully saturated rings. The molecule has 0 bridgehead atoms. The highest BCUT2D eigenvalue weighted by atomic mass is 16.5. The number of nitrogens with one attached hydrogen (secondary N) is 1. The Morgan fingerprint density at radius 3 is 2.89 bits per heavy atom. The summed E-state index contributed by atoms with van der Waals surface area (Å²) in [7, 11) is 0. The molecule has 2 aliphatic rings. The van der Waals surface area contributed by atoms with E-state index in [0.29, 0.717) is 0 Å². The van der Waals surface area contributed by atoms with Gasteiger partial charge in [0.25, 0.3) is 0 Å². The third-order valence-electron chi connectivity index (χ3n) is 4.59. The maximum atomic E-state index is 5.63. The molecule has 3 heterocycles. The maximum absolute atomic E-state index is 5.63. The lowest BCUT2D eigenvalue weighted by Gasteiger charge is -2.33. The zero-order valence-electron chi connectivity index (χ0n) is 11.7. The van der Waals surface area contributed by atoms with Gasteiger partial charge in [-0.2, -0.15) is 4.98 Å². The fourth-order valence-corrected chi connectivity index (χ4v) is 3.19. The van der Waals surface area contributed by atoms with Crippen LogP contribution in [0.3, 0.4) is 0 Å². The lowest BCUT2D eigenvalue weighted by molar-refractivity contribution is 0.109. The van der Waals surface area contributed by atoms with Gasteiger partial charge < -0.3 is 14.6 Å². The summed E-state index contributed by atoms with van der Waals surface area (Å²) in [6.45, 7) is 5.17. The topological polar surface area (TPSA) is 60.2 Å². The van der Waals surface area contributed by atoms with Crippen LogP contribution in [0.2, 0.25) is 0 Å².